The second-order valence-corrected chi connectivity index (χ2v) is 10.7. The Hall–Kier alpha value is -0.970. The Labute approximate surface area is 117 Å². The Kier molecular flexibility index (Phi) is 3.70. The van der Waals surface area contributed by atoms with E-state index in [1.54, 1.807) is 6.07 Å². The minimum absolute atomic E-state index is 0.288. The van der Waals surface area contributed by atoms with Gasteiger partial charge in [-0.25, -0.2) is 16.8 Å². The summed E-state index contributed by atoms with van der Waals surface area (Å²) in [6.07, 6.45) is -0.433. The first-order chi connectivity index (χ1) is 9.07. The van der Waals surface area contributed by atoms with Gasteiger partial charge in [-0.15, -0.1) is 0 Å². The van der Waals surface area contributed by atoms with Crippen LogP contribution in [-0.2, 0) is 29.8 Å². The molecule has 1 aromatic carbocycles. The van der Waals surface area contributed by atoms with Crippen molar-refractivity contribution in [1.29, 1.82) is 0 Å². The van der Waals surface area contributed by atoms with E-state index in [1.807, 2.05) is 0 Å². The fourth-order valence-corrected chi connectivity index (χ4v) is 9.75. The van der Waals surface area contributed by atoms with Crippen molar-refractivity contribution in [1.82, 2.24) is 0 Å². The van der Waals surface area contributed by atoms with Gasteiger partial charge >= 0.3 is 0 Å². The van der Waals surface area contributed by atoms with E-state index in [0.717, 1.165) is 0 Å². The van der Waals surface area contributed by atoms with E-state index < -0.39 is 51.8 Å². The highest BCUT2D eigenvalue weighted by molar-refractivity contribution is 8.10. The molecule has 0 bridgehead atoms. The standard InChI is InChI=1S/C10H12O7S3/c11-18(12)7-6-9(20(15,16)17)10(18)19(13,14)8-4-2-1-3-5-8/h1-5,9-10H,6-7H2,(H,15,16,17)/t9-,10+/m0/s1. The molecule has 10 heteroatoms. The molecule has 1 aliphatic rings. The number of hydrogen-bond donors (Lipinski definition) is 1. The zero-order valence-corrected chi connectivity index (χ0v) is 12.5. The molecule has 0 amide bonds. The molecular formula is C10H12O7S3. The van der Waals surface area contributed by atoms with E-state index in [4.69, 9.17) is 4.55 Å². The van der Waals surface area contributed by atoms with Crippen LogP contribution in [-0.4, -0.2) is 45.4 Å². The van der Waals surface area contributed by atoms with Crippen LogP contribution in [0, 0.1) is 0 Å². The largest absolute Gasteiger partial charge is 0.285 e. The van der Waals surface area contributed by atoms with Crippen LogP contribution in [0.3, 0.4) is 0 Å². The van der Waals surface area contributed by atoms with E-state index in [0.29, 0.717) is 0 Å². The number of rotatable bonds is 3. The molecule has 2 atom stereocenters. The maximum Gasteiger partial charge on any atom is 0.270 e. The van der Waals surface area contributed by atoms with Crippen LogP contribution >= 0.6 is 0 Å². The van der Waals surface area contributed by atoms with Gasteiger partial charge in [-0.2, -0.15) is 8.42 Å². The van der Waals surface area contributed by atoms with Gasteiger partial charge in [-0.1, -0.05) is 18.2 Å². The van der Waals surface area contributed by atoms with Crippen LogP contribution in [0.1, 0.15) is 6.42 Å². The fourth-order valence-electron chi connectivity index (χ4n) is 2.19. The number of hydrogen-bond acceptors (Lipinski definition) is 6. The number of benzene rings is 1. The fraction of sp³-hybridized carbons (Fsp3) is 0.400. The summed E-state index contributed by atoms with van der Waals surface area (Å²) in [5, 5.41) is -1.85. The third kappa shape index (κ3) is 2.60. The Bertz CT molecular complexity index is 807. The second kappa shape index (κ2) is 4.79. The van der Waals surface area contributed by atoms with Crippen molar-refractivity contribution < 1.29 is 29.8 Å². The Morgan fingerprint density at radius 1 is 1.05 bits per heavy atom. The quantitative estimate of drug-likeness (QED) is 0.760. The van der Waals surface area contributed by atoms with Crippen molar-refractivity contribution in [2.75, 3.05) is 5.75 Å². The van der Waals surface area contributed by atoms with Gasteiger partial charge in [0, 0.05) is 0 Å². The highest BCUT2D eigenvalue weighted by atomic mass is 32.3. The van der Waals surface area contributed by atoms with Gasteiger partial charge in [-0.05, 0) is 18.6 Å². The van der Waals surface area contributed by atoms with Crippen molar-refractivity contribution in [2.45, 2.75) is 21.1 Å². The first-order valence-electron chi connectivity index (χ1n) is 5.53. The monoisotopic (exact) mass is 340 g/mol. The summed E-state index contributed by atoms with van der Waals surface area (Å²) < 4.78 is 77.9. The average Bonchev–Trinajstić information content (AvgIpc) is 2.66. The molecule has 1 N–H and O–H groups in total. The zero-order valence-electron chi connectivity index (χ0n) is 10.1. The van der Waals surface area contributed by atoms with E-state index in [1.165, 1.54) is 24.3 Å². The summed E-state index contributed by atoms with van der Waals surface area (Å²) in [5.74, 6) is -0.589. The van der Waals surface area contributed by atoms with Crippen molar-refractivity contribution >= 4 is 29.8 Å². The molecule has 1 fully saturated rings. The van der Waals surface area contributed by atoms with Crippen molar-refractivity contribution in [2.24, 2.45) is 0 Å². The molecule has 0 aromatic heterocycles. The summed E-state index contributed by atoms with van der Waals surface area (Å²) >= 11 is 0. The molecule has 1 saturated heterocycles. The van der Waals surface area contributed by atoms with Gasteiger partial charge in [0.15, 0.2) is 24.3 Å². The van der Waals surface area contributed by atoms with E-state index in [2.05, 4.69) is 0 Å². The minimum atomic E-state index is -4.77. The predicted molar refractivity (Wildman–Crippen MR) is 71.2 cm³/mol. The lowest BCUT2D eigenvalue weighted by Crippen LogP contribution is -2.39. The first-order valence-corrected chi connectivity index (χ1v) is 10.3. The topological polar surface area (TPSA) is 123 Å². The van der Waals surface area contributed by atoms with Gasteiger partial charge in [-0.3, -0.25) is 4.55 Å². The van der Waals surface area contributed by atoms with E-state index in [9.17, 15) is 25.3 Å². The smallest absolute Gasteiger partial charge is 0.270 e. The molecule has 2 rings (SSSR count). The summed E-state index contributed by atoms with van der Waals surface area (Å²) in [4.78, 5) is -0.288. The van der Waals surface area contributed by atoms with Gasteiger partial charge in [0.1, 0.15) is 5.25 Å². The highest BCUT2D eigenvalue weighted by Gasteiger charge is 2.54. The van der Waals surface area contributed by atoms with Gasteiger partial charge in [0.2, 0.25) is 0 Å². The molecular weight excluding hydrogens is 328 g/mol. The van der Waals surface area contributed by atoms with Gasteiger partial charge < -0.3 is 0 Å². The summed E-state index contributed by atoms with van der Waals surface area (Å²) in [6.45, 7) is 0. The average molecular weight is 340 g/mol. The predicted octanol–water partition coefficient (Wildman–Crippen LogP) is -0.139. The van der Waals surface area contributed by atoms with Crippen LogP contribution in [0.2, 0.25) is 0 Å². The molecule has 0 aliphatic carbocycles. The summed E-state index contributed by atoms with van der Waals surface area (Å²) in [6, 6.07) is 6.71. The lowest BCUT2D eigenvalue weighted by Gasteiger charge is -2.16. The van der Waals surface area contributed by atoms with Crippen LogP contribution in [0.4, 0.5) is 0 Å². The lowest BCUT2D eigenvalue weighted by atomic mass is 10.4. The van der Waals surface area contributed by atoms with Crippen LogP contribution in [0.25, 0.3) is 0 Å². The maximum absolute atomic E-state index is 12.4. The molecule has 0 radical (unpaired) electrons. The Balaban J connectivity index is 2.64. The van der Waals surface area contributed by atoms with Crippen molar-refractivity contribution in [3.8, 4) is 0 Å². The SMILES string of the molecule is O=S(=O)(O)[C@H]1CCS(=O)(=O)[C@@H]1S(=O)(=O)c1ccccc1. The molecule has 0 spiro atoms. The number of sulfone groups is 2. The maximum atomic E-state index is 12.4. The molecule has 0 saturated carbocycles. The zero-order chi connectivity index (χ0) is 15.2. The summed E-state index contributed by atoms with van der Waals surface area (Å²) in [7, 11) is -13.3. The third-order valence-electron chi connectivity index (χ3n) is 3.10. The van der Waals surface area contributed by atoms with E-state index >= 15 is 0 Å². The van der Waals surface area contributed by atoms with Crippen molar-refractivity contribution in [3.05, 3.63) is 30.3 Å². The normalized spacial score (nSPS) is 26.4. The van der Waals surface area contributed by atoms with Crippen LogP contribution < -0.4 is 0 Å². The minimum Gasteiger partial charge on any atom is -0.285 e. The lowest BCUT2D eigenvalue weighted by molar-refractivity contribution is 0.467. The van der Waals surface area contributed by atoms with Crippen molar-refractivity contribution in [3.63, 3.8) is 0 Å². The van der Waals surface area contributed by atoms with E-state index in [-0.39, 0.29) is 4.90 Å². The molecule has 0 unspecified atom stereocenters. The Morgan fingerprint density at radius 3 is 2.10 bits per heavy atom. The van der Waals surface area contributed by atoms with Crippen LogP contribution in [0.5, 0.6) is 0 Å². The van der Waals surface area contributed by atoms with Gasteiger partial charge in [0.05, 0.1) is 10.6 Å². The van der Waals surface area contributed by atoms with Crippen LogP contribution in [0.15, 0.2) is 35.2 Å². The highest BCUT2D eigenvalue weighted by Crippen LogP contribution is 2.33. The van der Waals surface area contributed by atoms with Gasteiger partial charge in [0.25, 0.3) is 10.1 Å². The molecule has 7 nitrogen and oxygen atoms in total. The first kappa shape index (κ1) is 15.4. The second-order valence-electron chi connectivity index (χ2n) is 4.44. The molecule has 1 aromatic rings. The Morgan fingerprint density at radius 2 is 1.60 bits per heavy atom. The molecule has 1 aliphatic heterocycles. The summed E-state index contributed by atoms with van der Waals surface area (Å²) in [5.41, 5.74) is 0. The molecule has 20 heavy (non-hydrogen) atoms. The molecule has 1 heterocycles. The molecule has 112 valence electrons. The third-order valence-corrected chi connectivity index (χ3v) is 10.1.